The van der Waals surface area contributed by atoms with Gasteiger partial charge in [0.15, 0.2) is 11.5 Å². The highest BCUT2D eigenvalue weighted by molar-refractivity contribution is 5.79. The van der Waals surface area contributed by atoms with E-state index in [1.165, 1.54) is 24.0 Å². The van der Waals surface area contributed by atoms with Crippen molar-refractivity contribution in [1.82, 2.24) is 5.32 Å². The summed E-state index contributed by atoms with van der Waals surface area (Å²) in [5.74, 6) is 2.28. The van der Waals surface area contributed by atoms with Gasteiger partial charge in [-0.15, -0.1) is 0 Å². The van der Waals surface area contributed by atoms with E-state index in [4.69, 9.17) is 9.47 Å². The van der Waals surface area contributed by atoms with Gasteiger partial charge in [0.1, 0.15) is 0 Å². The first-order chi connectivity index (χ1) is 15.2. The number of methoxy groups -OCH3 is 1. The summed E-state index contributed by atoms with van der Waals surface area (Å²) in [5, 5.41) is 3.15. The lowest BCUT2D eigenvalue weighted by Gasteiger charge is -2.30. The standard InChI is InChI=1S/C27H35NO3/c1-30-25-16-15-21(18-26(25)31-24-13-7-8-14-24)23-17-22(27(29)28-19-23)12-6-5-11-20-9-3-2-4-10-20/h2-4,9-10,15-16,18,22-24H,5-8,11-14,17,19H2,1H3,(H,28,29)/t22-,23-/m1/s1. The van der Waals surface area contributed by atoms with E-state index in [2.05, 4.69) is 47.8 Å². The summed E-state index contributed by atoms with van der Waals surface area (Å²) in [5.41, 5.74) is 2.62. The minimum atomic E-state index is 0.0934. The van der Waals surface area contributed by atoms with Crippen molar-refractivity contribution in [1.29, 1.82) is 0 Å². The maximum atomic E-state index is 12.5. The maximum Gasteiger partial charge on any atom is 0.223 e. The van der Waals surface area contributed by atoms with E-state index < -0.39 is 0 Å². The third-order valence-electron chi connectivity index (χ3n) is 6.83. The fraction of sp³-hybridized carbons (Fsp3) is 0.519. The summed E-state index contributed by atoms with van der Waals surface area (Å²) in [7, 11) is 1.70. The number of carbonyl (C=O) groups is 1. The zero-order valence-electron chi connectivity index (χ0n) is 18.6. The molecule has 2 aromatic rings. The van der Waals surface area contributed by atoms with Crippen molar-refractivity contribution in [2.75, 3.05) is 13.7 Å². The van der Waals surface area contributed by atoms with Gasteiger partial charge in [0.2, 0.25) is 5.91 Å². The van der Waals surface area contributed by atoms with Gasteiger partial charge in [-0.2, -0.15) is 0 Å². The van der Waals surface area contributed by atoms with Crippen molar-refractivity contribution < 1.29 is 14.3 Å². The van der Waals surface area contributed by atoms with Crippen molar-refractivity contribution in [2.45, 2.75) is 69.8 Å². The molecule has 0 unspecified atom stereocenters. The van der Waals surface area contributed by atoms with E-state index >= 15 is 0 Å². The zero-order valence-corrected chi connectivity index (χ0v) is 18.6. The van der Waals surface area contributed by atoms with Crippen LogP contribution in [0.25, 0.3) is 0 Å². The molecule has 0 spiro atoms. The van der Waals surface area contributed by atoms with E-state index in [-0.39, 0.29) is 11.8 Å². The minimum Gasteiger partial charge on any atom is -0.493 e. The van der Waals surface area contributed by atoms with E-state index in [1.807, 2.05) is 6.07 Å². The first-order valence-corrected chi connectivity index (χ1v) is 11.9. The zero-order chi connectivity index (χ0) is 21.5. The van der Waals surface area contributed by atoms with E-state index in [9.17, 15) is 4.79 Å². The number of unbranched alkanes of at least 4 members (excludes halogenated alkanes) is 1. The molecule has 1 aliphatic carbocycles. The highest BCUT2D eigenvalue weighted by Crippen LogP contribution is 2.37. The molecule has 1 saturated carbocycles. The summed E-state index contributed by atoms with van der Waals surface area (Å²) in [6.07, 6.45) is 10.2. The molecule has 0 aromatic heterocycles. The number of carbonyl (C=O) groups excluding carboxylic acids is 1. The molecule has 2 fully saturated rings. The van der Waals surface area contributed by atoms with Gasteiger partial charge in [0, 0.05) is 18.4 Å². The van der Waals surface area contributed by atoms with Gasteiger partial charge in [-0.05, 0) is 74.6 Å². The molecule has 1 saturated heterocycles. The normalized spacial score (nSPS) is 21.6. The van der Waals surface area contributed by atoms with Crippen LogP contribution in [0.4, 0.5) is 0 Å². The van der Waals surface area contributed by atoms with Crippen molar-refractivity contribution in [3.05, 3.63) is 59.7 Å². The Balaban J connectivity index is 1.35. The predicted molar refractivity (Wildman–Crippen MR) is 124 cm³/mol. The molecule has 2 aliphatic rings. The van der Waals surface area contributed by atoms with Crippen LogP contribution >= 0.6 is 0 Å². The van der Waals surface area contributed by atoms with Crippen LogP contribution in [0.3, 0.4) is 0 Å². The van der Waals surface area contributed by atoms with Crippen molar-refractivity contribution in [2.24, 2.45) is 5.92 Å². The van der Waals surface area contributed by atoms with Gasteiger partial charge in [-0.1, -0.05) is 42.8 Å². The molecule has 2 aromatic carbocycles. The molecule has 31 heavy (non-hydrogen) atoms. The Kier molecular flexibility index (Phi) is 7.50. The quantitative estimate of drug-likeness (QED) is 0.532. The number of nitrogens with one attached hydrogen (secondary N) is 1. The molecule has 4 rings (SSSR count). The second-order valence-electron chi connectivity index (χ2n) is 9.04. The Morgan fingerprint density at radius 1 is 1.00 bits per heavy atom. The number of ether oxygens (including phenoxy) is 2. The molecule has 4 heteroatoms. The Bertz CT molecular complexity index is 845. The lowest BCUT2D eigenvalue weighted by molar-refractivity contribution is -0.127. The van der Waals surface area contributed by atoms with Crippen LogP contribution in [0, 0.1) is 5.92 Å². The monoisotopic (exact) mass is 421 g/mol. The second-order valence-corrected chi connectivity index (χ2v) is 9.04. The first-order valence-electron chi connectivity index (χ1n) is 11.9. The minimum absolute atomic E-state index is 0.0934. The smallest absolute Gasteiger partial charge is 0.223 e. The first kappa shape index (κ1) is 21.7. The summed E-state index contributed by atoms with van der Waals surface area (Å²) in [4.78, 5) is 12.5. The van der Waals surface area contributed by atoms with Gasteiger partial charge in [0.25, 0.3) is 0 Å². The van der Waals surface area contributed by atoms with Crippen molar-refractivity contribution in [3.63, 3.8) is 0 Å². The van der Waals surface area contributed by atoms with Crippen LogP contribution < -0.4 is 14.8 Å². The Morgan fingerprint density at radius 3 is 2.58 bits per heavy atom. The molecule has 1 N–H and O–H groups in total. The summed E-state index contributed by atoms with van der Waals surface area (Å²) < 4.78 is 11.8. The Hall–Kier alpha value is -2.49. The predicted octanol–water partition coefficient (Wildman–Crippen LogP) is 5.65. The topological polar surface area (TPSA) is 47.6 Å². The SMILES string of the molecule is COc1ccc([C@H]2CNC(=O)[C@H](CCCCc3ccccc3)C2)cc1OC1CCCC1. The van der Waals surface area contributed by atoms with Gasteiger partial charge in [-0.3, -0.25) is 4.79 Å². The third-order valence-corrected chi connectivity index (χ3v) is 6.83. The fourth-order valence-corrected chi connectivity index (χ4v) is 4.99. The number of rotatable bonds is 9. The maximum absolute atomic E-state index is 12.5. The number of hydrogen-bond acceptors (Lipinski definition) is 3. The highest BCUT2D eigenvalue weighted by Gasteiger charge is 2.29. The second kappa shape index (κ2) is 10.7. The van der Waals surface area contributed by atoms with Crippen LogP contribution in [0.15, 0.2) is 48.5 Å². The number of benzene rings is 2. The van der Waals surface area contributed by atoms with Gasteiger partial charge < -0.3 is 14.8 Å². The molecule has 2 atom stereocenters. The fourth-order valence-electron chi connectivity index (χ4n) is 4.99. The van der Waals surface area contributed by atoms with E-state index in [1.54, 1.807) is 7.11 Å². The van der Waals surface area contributed by atoms with Crippen LogP contribution in [-0.2, 0) is 11.2 Å². The van der Waals surface area contributed by atoms with Gasteiger partial charge in [0.05, 0.1) is 13.2 Å². The summed E-state index contributed by atoms with van der Waals surface area (Å²) in [6.45, 7) is 0.703. The average Bonchev–Trinajstić information content (AvgIpc) is 3.31. The largest absolute Gasteiger partial charge is 0.493 e. The molecular formula is C27H35NO3. The number of piperidine rings is 1. The lowest BCUT2D eigenvalue weighted by atomic mass is 9.82. The lowest BCUT2D eigenvalue weighted by Crippen LogP contribution is -2.40. The van der Waals surface area contributed by atoms with Crippen molar-refractivity contribution >= 4 is 5.91 Å². The van der Waals surface area contributed by atoms with E-state index in [0.717, 1.165) is 56.4 Å². The van der Waals surface area contributed by atoms with Crippen LogP contribution in [0.2, 0.25) is 0 Å². The Labute approximate surface area is 186 Å². The third kappa shape index (κ3) is 5.81. The van der Waals surface area contributed by atoms with E-state index in [0.29, 0.717) is 18.6 Å². The Morgan fingerprint density at radius 2 is 1.81 bits per heavy atom. The molecule has 4 nitrogen and oxygen atoms in total. The molecule has 166 valence electrons. The summed E-state index contributed by atoms with van der Waals surface area (Å²) >= 11 is 0. The van der Waals surface area contributed by atoms with Crippen LogP contribution in [0.5, 0.6) is 11.5 Å². The number of amides is 1. The van der Waals surface area contributed by atoms with Gasteiger partial charge in [-0.25, -0.2) is 0 Å². The van der Waals surface area contributed by atoms with Gasteiger partial charge >= 0.3 is 0 Å². The number of hydrogen-bond donors (Lipinski definition) is 1. The molecule has 0 radical (unpaired) electrons. The van der Waals surface area contributed by atoms with Crippen LogP contribution in [-0.4, -0.2) is 25.7 Å². The van der Waals surface area contributed by atoms with Crippen LogP contribution in [0.1, 0.15) is 68.4 Å². The molecule has 1 heterocycles. The molecular weight excluding hydrogens is 386 g/mol. The average molecular weight is 422 g/mol. The summed E-state index contributed by atoms with van der Waals surface area (Å²) in [6, 6.07) is 16.9. The number of aryl methyl sites for hydroxylation is 1. The molecule has 1 aliphatic heterocycles. The molecule has 0 bridgehead atoms. The molecule has 1 amide bonds. The van der Waals surface area contributed by atoms with Crippen molar-refractivity contribution in [3.8, 4) is 11.5 Å². The highest BCUT2D eigenvalue weighted by atomic mass is 16.5.